The Hall–Kier alpha value is -2.67. The summed E-state index contributed by atoms with van der Waals surface area (Å²) in [6.45, 7) is 7.24. The first-order valence-corrected chi connectivity index (χ1v) is 11.2. The van der Waals surface area contributed by atoms with Crippen molar-refractivity contribution in [3.05, 3.63) is 53.1 Å². The Bertz CT molecular complexity index is 949. The van der Waals surface area contributed by atoms with Crippen LogP contribution in [0.4, 0.5) is 5.69 Å². The fourth-order valence-electron chi connectivity index (χ4n) is 3.94. The molecule has 1 amide bonds. The third-order valence-corrected chi connectivity index (χ3v) is 6.73. The molecular weight excluding hydrogens is 398 g/mol. The molecule has 6 nitrogen and oxygen atoms in total. The SMILES string of the molecule is C=NC(c1ccc2c(c1)CCN2C)C(C)SCNC(=O)Cc1ccc2c(c1)OCO2. The summed E-state index contributed by atoms with van der Waals surface area (Å²) in [5.41, 5.74) is 4.77. The quantitative estimate of drug-likeness (QED) is 0.517. The number of fused-ring (bicyclic) bond motifs is 2. The van der Waals surface area contributed by atoms with Crippen molar-refractivity contribution in [2.45, 2.75) is 31.1 Å². The Kier molecular flexibility index (Phi) is 6.18. The Labute approximate surface area is 181 Å². The van der Waals surface area contributed by atoms with Crippen LogP contribution in [-0.4, -0.2) is 44.1 Å². The smallest absolute Gasteiger partial charge is 0.231 e. The lowest BCUT2D eigenvalue weighted by atomic mass is 10.0. The number of thioether (sulfide) groups is 1. The van der Waals surface area contributed by atoms with E-state index in [0.717, 1.165) is 24.3 Å². The van der Waals surface area contributed by atoms with Crippen LogP contribution < -0.4 is 19.7 Å². The van der Waals surface area contributed by atoms with Crippen LogP contribution in [0.25, 0.3) is 0 Å². The van der Waals surface area contributed by atoms with Gasteiger partial charge in [-0.3, -0.25) is 9.79 Å². The number of hydrogen-bond donors (Lipinski definition) is 1. The van der Waals surface area contributed by atoms with Crippen LogP contribution in [-0.2, 0) is 17.6 Å². The normalized spacial score (nSPS) is 16.1. The van der Waals surface area contributed by atoms with Crippen molar-refractivity contribution in [1.29, 1.82) is 0 Å². The predicted octanol–water partition coefficient (Wildman–Crippen LogP) is 3.59. The minimum Gasteiger partial charge on any atom is -0.454 e. The van der Waals surface area contributed by atoms with Gasteiger partial charge in [-0.2, -0.15) is 0 Å². The molecule has 0 bridgehead atoms. The average molecular weight is 426 g/mol. The van der Waals surface area contributed by atoms with Crippen LogP contribution in [0, 0.1) is 0 Å². The molecule has 4 rings (SSSR count). The van der Waals surface area contributed by atoms with Crippen molar-refractivity contribution in [2.75, 3.05) is 31.2 Å². The summed E-state index contributed by atoms with van der Waals surface area (Å²) in [7, 11) is 2.12. The van der Waals surface area contributed by atoms with Gasteiger partial charge in [0.1, 0.15) is 0 Å². The summed E-state index contributed by atoms with van der Waals surface area (Å²) >= 11 is 1.68. The van der Waals surface area contributed by atoms with Crippen LogP contribution in [0.15, 0.2) is 41.4 Å². The summed E-state index contributed by atoms with van der Waals surface area (Å²) in [5, 5.41) is 3.19. The lowest BCUT2D eigenvalue weighted by Crippen LogP contribution is -2.26. The van der Waals surface area contributed by atoms with Gasteiger partial charge in [-0.05, 0) is 48.0 Å². The Balaban J connectivity index is 1.28. The molecule has 0 aliphatic carbocycles. The zero-order chi connectivity index (χ0) is 21.1. The molecule has 2 aromatic carbocycles. The number of likely N-dealkylation sites (N-methyl/N-ethyl adjacent to an activating group) is 1. The molecule has 2 unspecified atom stereocenters. The van der Waals surface area contributed by atoms with E-state index < -0.39 is 0 Å². The molecule has 2 aliphatic heterocycles. The fourth-order valence-corrected chi connectivity index (χ4v) is 4.87. The summed E-state index contributed by atoms with van der Waals surface area (Å²) in [5.74, 6) is 1.94. The number of nitrogens with one attached hydrogen (secondary N) is 1. The van der Waals surface area contributed by atoms with Gasteiger partial charge in [-0.15, -0.1) is 11.8 Å². The van der Waals surface area contributed by atoms with Gasteiger partial charge < -0.3 is 19.7 Å². The topological polar surface area (TPSA) is 63.2 Å². The summed E-state index contributed by atoms with van der Waals surface area (Å²) in [6, 6.07) is 12.2. The van der Waals surface area contributed by atoms with E-state index in [1.165, 1.54) is 16.8 Å². The zero-order valence-electron chi connectivity index (χ0n) is 17.4. The van der Waals surface area contributed by atoms with Gasteiger partial charge in [0.25, 0.3) is 0 Å². The van der Waals surface area contributed by atoms with Crippen molar-refractivity contribution in [2.24, 2.45) is 4.99 Å². The molecule has 0 radical (unpaired) electrons. The van der Waals surface area contributed by atoms with E-state index >= 15 is 0 Å². The standard InChI is InChI=1S/C23H27N3O3S/c1-15(23(24-2)18-5-6-19-17(12-18)8-9-26(19)3)30-13-25-22(27)11-16-4-7-20-21(10-16)29-14-28-20/h4-7,10,12,15,23H,2,8-9,11,13-14H2,1,3H3,(H,25,27). The maximum atomic E-state index is 12.3. The van der Waals surface area contributed by atoms with E-state index in [0.29, 0.717) is 18.0 Å². The largest absolute Gasteiger partial charge is 0.454 e. The highest BCUT2D eigenvalue weighted by atomic mass is 32.2. The van der Waals surface area contributed by atoms with E-state index in [2.05, 4.69) is 54.1 Å². The van der Waals surface area contributed by atoms with E-state index in [9.17, 15) is 4.79 Å². The van der Waals surface area contributed by atoms with Crippen LogP contribution in [0.5, 0.6) is 11.5 Å². The molecule has 2 aliphatic rings. The molecule has 0 saturated carbocycles. The molecule has 2 atom stereocenters. The first-order valence-electron chi connectivity index (χ1n) is 10.1. The fraction of sp³-hybridized carbons (Fsp3) is 0.391. The van der Waals surface area contributed by atoms with E-state index in [-0.39, 0.29) is 24.0 Å². The number of amides is 1. The van der Waals surface area contributed by atoms with Crippen LogP contribution in [0.1, 0.15) is 29.7 Å². The van der Waals surface area contributed by atoms with Gasteiger partial charge in [-0.25, -0.2) is 0 Å². The maximum absolute atomic E-state index is 12.3. The number of hydrogen-bond acceptors (Lipinski definition) is 6. The molecule has 7 heteroatoms. The molecule has 1 N–H and O–H groups in total. The minimum absolute atomic E-state index is 0.00281. The first kappa shape index (κ1) is 20.6. The van der Waals surface area contributed by atoms with Crippen molar-refractivity contribution < 1.29 is 14.3 Å². The number of ether oxygens (including phenoxy) is 2. The Morgan fingerprint density at radius 2 is 2.10 bits per heavy atom. The number of carbonyl (C=O) groups is 1. The summed E-state index contributed by atoms with van der Waals surface area (Å²) in [4.78, 5) is 19.0. The molecule has 0 aromatic heterocycles. The Morgan fingerprint density at radius 3 is 2.93 bits per heavy atom. The van der Waals surface area contributed by atoms with Crippen LogP contribution >= 0.6 is 11.8 Å². The molecule has 2 heterocycles. The number of nitrogens with zero attached hydrogens (tertiary/aromatic N) is 2. The second-order valence-corrected chi connectivity index (χ2v) is 9.03. The highest BCUT2D eigenvalue weighted by molar-refractivity contribution is 7.99. The lowest BCUT2D eigenvalue weighted by Gasteiger charge is -2.21. The predicted molar refractivity (Wildman–Crippen MR) is 122 cm³/mol. The number of rotatable bonds is 8. The molecule has 0 fully saturated rings. The van der Waals surface area contributed by atoms with E-state index in [1.54, 1.807) is 11.8 Å². The molecule has 0 spiro atoms. The second kappa shape index (κ2) is 9.00. The monoisotopic (exact) mass is 425 g/mol. The molecule has 158 valence electrons. The van der Waals surface area contributed by atoms with Crippen molar-refractivity contribution in [1.82, 2.24) is 5.32 Å². The first-order chi connectivity index (χ1) is 14.5. The van der Waals surface area contributed by atoms with Gasteiger partial charge in [0.2, 0.25) is 12.7 Å². The molecule has 30 heavy (non-hydrogen) atoms. The molecule has 0 saturated heterocycles. The highest BCUT2D eigenvalue weighted by Crippen LogP contribution is 2.35. The third kappa shape index (κ3) is 4.41. The van der Waals surface area contributed by atoms with Gasteiger partial charge in [0, 0.05) is 24.5 Å². The molecule has 2 aromatic rings. The summed E-state index contributed by atoms with van der Waals surface area (Å²) in [6.07, 6.45) is 1.38. The summed E-state index contributed by atoms with van der Waals surface area (Å²) < 4.78 is 10.7. The number of anilines is 1. The minimum atomic E-state index is -0.0164. The van der Waals surface area contributed by atoms with E-state index in [1.807, 2.05) is 18.2 Å². The van der Waals surface area contributed by atoms with Crippen molar-refractivity contribution in [3.63, 3.8) is 0 Å². The molecular formula is C23H27N3O3S. The maximum Gasteiger partial charge on any atom is 0.231 e. The zero-order valence-corrected chi connectivity index (χ0v) is 18.2. The number of aliphatic imine (C=N–C) groups is 1. The number of carbonyl (C=O) groups excluding carboxylic acids is 1. The van der Waals surface area contributed by atoms with Crippen molar-refractivity contribution >= 4 is 30.1 Å². The van der Waals surface area contributed by atoms with E-state index in [4.69, 9.17) is 9.47 Å². The average Bonchev–Trinajstić information content (AvgIpc) is 3.34. The van der Waals surface area contributed by atoms with Crippen molar-refractivity contribution in [3.8, 4) is 11.5 Å². The lowest BCUT2D eigenvalue weighted by molar-refractivity contribution is -0.120. The van der Waals surface area contributed by atoms with Gasteiger partial charge in [0.15, 0.2) is 11.5 Å². The van der Waals surface area contributed by atoms with Gasteiger partial charge in [-0.1, -0.05) is 25.1 Å². The number of benzene rings is 2. The van der Waals surface area contributed by atoms with Gasteiger partial charge in [0.05, 0.1) is 18.3 Å². The highest BCUT2D eigenvalue weighted by Gasteiger charge is 2.22. The Morgan fingerprint density at radius 1 is 1.27 bits per heavy atom. The second-order valence-electron chi connectivity index (χ2n) is 7.67. The van der Waals surface area contributed by atoms with Crippen LogP contribution in [0.3, 0.4) is 0 Å². The van der Waals surface area contributed by atoms with Gasteiger partial charge >= 0.3 is 0 Å². The van der Waals surface area contributed by atoms with Crippen LogP contribution in [0.2, 0.25) is 0 Å². The third-order valence-electron chi connectivity index (χ3n) is 5.63.